The topological polar surface area (TPSA) is 73.8 Å². The summed E-state index contributed by atoms with van der Waals surface area (Å²) in [6.07, 6.45) is -0.799. The van der Waals surface area contributed by atoms with Crippen LogP contribution in [0.25, 0.3) is 0 Å². The molecule has 1 aromatic heterocycles. The Hall–Kier alpha value is -2.53. The molecule has 0 saturated carbocycles. The van der Waals surface area contributed by atoms with Crippen molar-refractivity contribution in [1.82, 2.24) is 15.5 Å². The normalized spacial score (nSPS) is 19.2. The van der Waals surface area contributed by atoms with Crippen LogP contribution in [0, 0.1) is 12.7 Å². The van der Waals surface area contributed by atoms with Gasteiger partial charge in [0.2, 0.25) is 5.13 Å². The molecule has 4 rings (SSSR count). The van der Waals surface area contributed by atoms with E-state index in [1.807, 2.05) is 11.8 Å². The fourth-order valence-electron chi connectivity index (χ4n) is 3.57. The van der Waals surface area contributed by atoms with Gasteiger partial charge in [-0.2, -0.15) is 0 Å². The quantitative estimate of drug-likeness (QED) is 0.697. The molecule has 160 valence electrons. The molecule has 11 heteroatoms. The van der Waals surface area contributed by atoms with E-state index in [2.05, 4.69) is 20.4 Å². The van der Waals surface area contributed by atoms with Crippen molar-refractivity contribution < 1.29 is 13.9 Å². The number of anilines is 3. The molecule has 0 spiro atoms. The standard InChI is InChI=1S/C19H23FN6O2S2/c1-12(29)21-10-15-11-26(19(27)28-15)14-3-4-17(16(20)9-14)24-5-7-25(8-6-24)18-23-22-13(2)30-18/h3-4,9,15H,5-8,10-11H2,1-2H3,(H,21,29). The number of piperazine rings is 1. The van der Waals surface area contributed by atoms with E-state index in [9.17, 15) is 9.18 Å². The van der Waals surface area contributed by atoms with E-state index in [0.29, 0.717) is 42.5 Å². The Balaban J connectivity index is 1.39. The Kier molecular flexibility index (Phi) is 6.00. The van der Waals surface area contributed by atoms with Crippen molar-refractivity contribution in [2.75, 3.05) is 54.0 Å². The number of thiocarbonyl (C=S) groups is 1. The molecule has 2 saturated heterocycles. The average molecular weight is 451 g/mol. The van der Waals surface area contributed by atoms with Crippen LogP contribution in [-0.2, 0) is 4.74 Å². The van der Waals surface area contributed by atoms with Gasteiger partial charge in [0.05, 0.1) is 29.5 Å². The Morgan fingerprint density at radius 1 is 1.30 bits per heavy atom. The Labute approximate surface area is 183 Å². The maximum Gasteiger partial charge on any atom is 0.414 e. The summed E-state index contributed by atoms with van der Waals surface area (Å²) >= 11 is 6.55. The van der Waals surface area contributed by atoms with E-state index in [-0.39, 0.29) is 11.9 Å². The molecule has 30 heavy (non-hydrogen) atoms. The van der Waals surface area contributed by atoms with Gasteiger partial charge in [0, 0.05) is 26.2 Å². The first-order valence-corrected chi connectivity index (χ1v) is 11.0. The van der Waals surface area contributed by atoms with Gasteiger partial charge < -0.3 is 19.9 Å². The SMILES string of the molecule is CC(=S)NCC1CN(c2ccc(N3CCN(c4nnc(C)s4)CC3)c(F)c2)C(=O)O1. The average Bonchev–Trinajstić information content (AvgIpc) is 3.32. The molecule has 2 aliphatic rings. The first-order valence-electron chi connectivity index (χ1n) is 9.73. The van der Waals surface area contributed by atoms with Gasteiger partial charge in [-0.05, 0) is 32.0 Å². The van der Waals surface area contributed by atoms with Crippen LogP contribution in [0.5, 0.6) is 0 Å². The minimum Gasteiger partial charge on any atom is -0.442 e. The summed E-state index contributed by atoms with van der Waals surface area (Å²) in [7, 11) is 0. The number of hydrogen-bond donors (Lipinski definition) is 1. The second kappa shape index (κ2) is 8.68. The fraction of sp³-hybridized carbons (Fsp3) is 0.474. The Morgan fingerprint density at radius 2 is 2.03 bits per heavy atom. The highest BCUT2D eigenvalue weighted by Gasteiger charge is 2.33. The molecule has 3 heterocycles. The molecule has 2 aromatic rings. The number of cyclic esters (lactones) is 1. The predicted molar refractivity (Wildman–Crippen MR) is 119 cm³/mol. The van der Waals surface area contributed by atoms with Crippen molar-refractivity contribution in [2.24, 2.45) is 0 Å². The van der Waals surface area contributed by atoms with Crippen molar-refractivity contribution in [3.05, 3.63) is 29.0 Å². The Bertz CT molecular complexity index is 947. The van der Waals surface area contributed by atoms with E-state index in [4.69, 9.17) is 17.0 Å². The first kappa shape index (κ1) is 20.7. The number of nitrogens with one attached hydrogen (secondary N) is 1. The number of amides is 1. The van der Waals surface area contributed by atoms with Gasteiger partial charge in [0.15, 0.2) is 0 Å². The van der Waals surface area contributed by atoms with E-state index in [1.54, 1.807) is 30.4 Å². The number of nitrogens with zero attached hydrogens (tertiary/aromatic N) is 5. The molecule has 0 bridgehead atoms. The predicted octanol–water partition coefficient (Wildman–Crippen LogP) is 2.57. The molecule has 2 fully saturated rings. The largest absolute Gasteiger partial charge is 0.442 e. The number of rotatable bonds is 5. The van der Waals surface area contributed by atoms with Crippen molar-refractivity contribution in [1.29, 1.82) is 0 Å². The minimum absolute atomic E-state index is 0.324. The number of aryl methyl sites for hydroxylation is 1. The molecule has 1 aromatic carbocycles. The van der Waals surface area contributed by atoms with Crippen molar-refractivity contribution in [3.8, 4) is 0 Å². The minimum atomic E-state index is -0.475. The number of benzene rings is 1. The van der Waals surface area contributed by atoms with Crippen LogP contribution in [0.2, 0.25) is 0 Å². The van der Waals surface area contributed by atoms with Gasteiger partial charge in [-0.15, -0.1) is 10.2 Å². The summed E-state index contributed by atoms with van der Waals surface area (Å²) in [6.45, 7) is 7.37. The first-order chi connectivity index (χ1) is 14.4. The molecular weight excluding hydrogens is 427 g/mol. The molecule has 1 amide bonds. The summed E-state index contributed by atoms with van der Waals surface area (Å²) in [5.74, 6) is -0.350. The number of aromatic nitrogens is 2. The number of hydrogen-bond acceptors (Lipinski definition) is 8. The third-order valence-corrected chi connectivity index (χ3v) is 6.15. The van der Waals surface area contributed by atoms with Gasteiger partial charge in [-0.25, -0.2) is 9.18 Å². The van der Waals surface area contributed by atoms with Crippen LogP contribution in [0.3, 0.4) is 0 Å². The second-order valence-electron chi connectivity index (χ2n) is 7.27. The lowest BCUT2D eigenvalue weighted by Gasteiger charge is -2.36. The van der Waals surface area contributed by atoms with Crippen LogP contribution < -0.4 is 20.0 Å². The maximum atomic E-state index is 14.9. The molecular formula is C19H23FN6O2S2. The summed E-state index contributed by atoms with van der Waals surface area (Å²) in [5, 5.41) is 13.1. The smallest absolute Gasteiger partial charge is 0.414 e. The maximum absolute atomic E-state index is 14.9. The van der Waals surface area contributed by atoms with Crippen LogP contribution in [0.4, 0.5) is 25.7 Å². The number of halogens is 1. The highest BCUT2D eigenvalue weighted by Crippen LogP contribution is 2.29. The molecule has 1 N–H and O–H groups in total. The van der Waals surface area contributed by atoms with Crippen LogP contribution in [-0.4, -0.2) is 66.7 Å². The second-order valence-corrected chi connectivity index (χ2v) is 9.04. The van der Waals surface area contributed by atoms with Crippen molar-refractivity contribution in [2.45, 2.75) is 20.0 Å². The number of carbonyl (C=O) groups excluding carboxylic acids is 1. The highest BCUT2D eigenvalue weighted by molar-refractivity contribution is 7.80. The van der Waals surface area contributed by atoms with Gasteiger partial charge in [0.1, 0.15) is 16.9 Å². The molecule has 1 atom stereocenters. The molecule has 8 nitrogen and oxygen atoms in total. The molecule has 2 aliphatic heterocycles. The third kappa shape index (κ3) is 4.46. The van der Waals surface area contributed by atoms with Gasteiger partial charge >= 0.3 is 6.09 Å². The van der Waals surface area contributed by atoms with E-state index >= 15 is 0 Å². The Morgan fingerprint density at radius 3 is 2.67 bits per heavy atom. The lowest BCUT2D eigenvalue weighted by Crippen LogP contribution is -2.46. The van der Waals surface area contributed by atoms with Crippen molar-refractivity contribution in [3.63, 3.8) is 0 Å². The van der Waals surface area contributed by atoms with Crippen LogP contribution in [0.1, 0.15) is 11.9 Å². The summed E-state index contributed by atoms with van der Waals surface area (Å²) in [4.78, 5) is 18.5. The molecule has 1 unspecified atom stereocenters. The zero-order valence-corrected chi connectivity index (χ0v) is 18.4. The highest BCUT2D eigenvalue weighted by atomic mass is 32.1. The van der Waals surface area contributed by atoms with Gasteiger partial charge in [-0.1, -0.05) is 23.6 Å². The monoisotopic (exact) mass is 450 g/mol. The van der Waals surface area contributed by atoms with Gasteiger partial charge in [0.25, 0.3) is 0 Å². The molecule has 0 radical (unpaired) electrons. The number of carbonyl (C=O) groups is 1. The summed E-state index contributed by atoms with van der Waals surface area (Å²) in [5.41, 5.74) is 1.03. The van der Waals surface area contributed by atoms with Gasteiger partial charge in [-0.3, -0.25) is 4.90 Å². The third-order valence-electron chi connectivity index (χ3n) is 5.10. The zero-order valence-electron chi connectivity index (χ0n) is 16.8. The fourth-order valence-corrected chi connectivity index (χ4v) is 4.39. The zero-order chi connectivity index (χ0) is 21.3. The van der Waals surface area contributed by atoms with Crippen LogP contribution in [0.15, 0.2) is 18.2 Å². The lowest BCUT2D eigenvalue weighted by atomic mass is 10.2. The van der Waals surface area contributed by atoms with E-state index < -0.39 is 6.09 Å². The molecule has 0 aliphatic carbocycles. The summed E-state index contributed by atoms with van der Waals surface area (Å²) < 4.78 is 20.2. The van der Waals surface area contributed by atoms with Crippen molar-refractivity contribution >= 4 is 51.1 Å². The van der Waals surface area contributed by atoms with E-state index in [1.165, 1.54) is 11.0 Å². The number of ether oxygens (including phenoxy) is 1. The van der Waals surface area contributed by atoms with Crippen LogP contribution >= 0.6 is 23.6 Å². The lowest BCUT2D eigenvalue weighted by molar-refractivity contribution is 0.143. The van der Waals surface area contributed by atoms with E-state index in [0.717, 1.165) is 23.2 Å². The summed E-state index contributed by atoms with van der Waals surface area (Å²) in [6, 6.07) is 4.90.